The molecule has 0 radical (unpaired) electrons. The quantitative estimate of drug-likeness (QED) is 0.523. The molecular weight excluding hydrogens is 285 g/mol. The molecule has 7 heteroatoms. The Hall–Kier alpha value is -2.57. The smallest absolute Gasteiger partial charge is 0.269 e. The first-order chi connectivity index (χ1) is 9.88. The molecule has 0 aromatic heterocycles. The molecule has 1 N–H and O–H groups in total. The van der Waals surface area contributed by atoms with E-state index in [9.17, 15) is 23.3 Å². The highest BCUT2D eigenvalue weighted by atomic mass is 19.2. The zero-order valence-electron chi connectivity index (χ0n) is 10.9. The number of rotatable bonds is 4. The number of nitrogens with zero attached hydrogens (tertiary/aromatic N) is 1. The maximum atomic E-state index is 13.1. The van der Waals surface area contributed by atoms with Crippen LogP contribution in [-0.2, 0) is 0 Å². The zero-order chi connectivity index (χ0) is 15.6. The number of halogens is 3. The number of non-ortho nitro benzene ring substituents is 1. The van der Waals surface area contributed by atoms with Crippen LogP contribution in [0.1, 0.15) is 18.5 Å². The van der Waals surface area contributed by atoms with Gasteiger partial charge in [0.2, 0.25) is 0 Å². The predicted molar refractivity (Wildman–Crippen MR) is 71.5 cm³/mol. The summed E-state index contributed by atoms with van der Waals surface area (Å²) in [6.45, 7) is 1.71. The monoisotopic (exact) mass is 296 g/mol. The number of anilines is 1. The molecule has 0 aliphatic carbocycles. The highest BCUT2D eigenvalue weighted by molar-refractivity contribution is 5.47. The van der Waals surface area contributed by atoms with E-state index in [0.717, 1.165) is 12.1 Å². The molecule has 1 atom stereocenters. The SMILES string of the molecule is CC(Nc1cc(F)c(F)c(F)c1)c1ccc([N+](=O)[O-])cc1. The molecule has 21 heavy (non-hydrogen) atoms. The Labute approximate surface area is 118 Å². The molecule has 4 nitrogen and oxygen atoms in total. The number of hydrogen-bond acceptors (Lipinski definition) is 3. The van der Waals surface area contributed by atoms with Crippen molar-refractivity contribution in [2.45, 2.75) is 13.0 Å². The average molecular weight is 296 g/mol. The van der Waals surface area contributed by atoms with Gasteiger partial charge in [-0.25, -0.2) is 13.2 Å². The summed E-state index contributed by atoms with van der Waals surface area (Å²) >= 11 is 0. The van der Waals surface area contributed by atoms with Crippen molar-refractivity contribution in [1.29, 1.82) is 0 Å². The first-order valence-electron chi connectivity index (χ1n) is 6.04. The van der Waals surface area contributed by atoms with Gasteiger partial charge in [0.1, 0.15) is 0 Å². The van der Waals surface area contributed by atoms with E-state index in [1.54, 1.807) is 6.92 Å². The van der Waals surface area contributed by atoms with Crippen LogP contribution >= 0.6 is 0 Å². The van der Waals surface area contributed by atoms with Gasteiger partial charge in [0.15, 0.2) is 17.5 Å². The van der Waals surface area contributed by atoms with E-state index in [1.807, 2.05) is 0 Å². The molecule has 0 aliphatic rings. The Morgan fingerprint density at radius 2 is 1.62 bits per heavy atom. The van der Waals surface area contributed by atoms with Gasteiger partial charge in [0, 0.05) is 36.0 Å². The number of nitro groups is 1. The first-order valence-corrected chi connectivity index (χ1v) is 6.04. The zero-order valence-corrected chi connectivity index (χ0v) is 10.9. The van der Waals surface area contributed by atoms with E-state index in [1.165, 1.54) is 24.3 Å². The second-order valence-electron chi connectivity index (χ2n) is 4.47. The lowest BCUT2D eigenvalue weighted by atomic mass is 10.1. The van der Waals surface area contributed by atoms with Crippen LogP contribution in [0, 0.1) is 27.6 Å². The molecular formula is C14H11F3N2O2. The molecule has 0 saturated carbocycles. The maximum absolute atomic E-state index is 13.1. The van der Waals surface area contributed by atoms with Crippen molar-refractivity contribution in [3.63, 3.8) is 0 Å². The Bertz CT molecular complexity index is 651. The highest BCUT2D eigenvalue weighted by Crippen LogP contribution is 2.24. The Balaban J connectivity index is 2.17. The Morgan fingerprint density at radius 3 is 2.10 bits per heavy atom. The van der Waals surface area contributed by atoms with Crippen molar-refractivity contribution < 1.29 is 18.1 Å². The van der Waals surface area contributed by atoms with Gasteiger partial charge in [-0.05, 0) is 12.5 Å². The van der Waals surface area contributed by atoms with Crippen molar-refractivity contribution in [3.8, 4) is 0 Å². The van der Waals surface area contributed by atoms with E-state index < -0.39 is 22.4 Å². The summed E-state index contributed by atoms with van der Waals surface area (Å²) < 4.78 is 39.1. The van der Waals surface area contributed by atoms with Crippen LogP contribution in [0.2, 0.25) is 0 Å². The standard InChI is InChI=1S/C14H11F3N2O2/c1-8(9-2-4-11(5-3-9)19(20)21)18-10-6-12(15)14(17)13(16)7-10/h2-8,18H,1H3. The molecule has 0 saturated heterocycles. The average Bonchev–Trinajstić information content (AvgIpc) is 2.44. The topological polar surface area (TPSA) is 55.2 Å². The minimum Gasteiger partial charge on any atom is -0.378 e. The first kappa shape index (κ1) is 14.8. The second-order valence-corrected chi connectivity index (χ2v) is 4.47. The van der Waals surface area contributed by atoms with Gasteiger partial charge in [0.25, 0.3) is 5.69 Å². The van der Waals surface area contributed by atoms with Crippen molar-refractivity contribution in [3.05, 3.63) is 69.5 Å². The van der Waals surface area contributed by atoms with Crippen LogP contribution < -0.4 is 5.32 Å². The largest absolute Gasteiger partial charge is 0.378 e. The molecule has 1 unspecified atom stereocenters. The number of hydrogen-bond donors (Lipinski definition) is 1. The number of benzene rings is 2. The van der Waals surface area contributed by atoms with Crippen molar-refractivity contribution in [2.24, 2.45) is 0 Å². The molecule has 2 aromatic rings. The van der Waals surface area contributed by atoms with Gasteiger partial charge in [-0.3, -0.25) is 10.1 Å². The van der Waals surface area contributed by atoms with Crippen LogP contribution in [0.25, 0.3) is 0 Å². The predicted octanol–water partition coefficient (Wildman–Crippen LogP) is 4.19. The van der Waals surface area contributed by atoms with Gasteiger partial charge in [0.05, 0.1) is 4.92 Å². The molecule has 0 spiro atoms. The van der Waals surface area contributed by atoms with Gasteiger partial charge < -0.3 is 5.32 Å². The van der Waals surface area contributed by atoms with Gasteiger partial charge in [-0.15, -0.1) is 0 Å². The summed E-state index contributed by atoms with van der Waals surface area (Å²) in [5.74, 6) is -4.09. The van der Waals surface area contributed by atoms with E-state index >= 15 is 0 Å². The normalized spacial score (nSPS) is 12.0. The molecule has 0 bridgehead atoms. The van der Waals surface area contributed by atoms with E-state index in [4.69, 9.17) is 0 Å². The minimum absolute atomic E-state index is 0.0511. The van der Waals surface area contributed by atoms with Crippen LogP contribution in [0.5, 0.6) is 0 Å². The molecule has 110 valence electrons. The fourth-order valence-corrected chi connectivity index (χ4v) is 1.86. The van der Waals surface area contributed by atoms with Gasteiger partial charge in [-0.2, -0.15) is 0 Å². The Morgan fingerprint density at radius 1 is 1.10 bits per heavy atom. The lowest BCUT2D eigenvalue weighted by Crippen LogP contribution is -2.08. The minimum atomic E-state index is -1.52. The number of nitro benzene ring substituents is 1. The molecule has 0 fully saturated rings. The molecule has 2 aromatic carbocycles. The lowest BCUT2D eigenvalue weighted by molar-refractivity contribution is -0.384. The fourth-order valence-electron chi connectivity index (χ4n) is 1.86. The van der Waals surface area contributed by atoms with Crippen LogP contribution in [0.4, 0.5) is 24.5 Å². The second kappa shape index (κ2) is 5.82. The summed E-state index contributed by atoms with van der Waals surface area (Å²) in [6, 6.07) is 7.06. The highest BCUT2D eigenvalue weighted by Gasteiger charge is 2.13. The third kappa shape index (κ3) is 3.31. The number of nitrogens with one attached hydrogen (secondary N) is 1. The van der Waals surface area contributed by atoms with Gasteiger partial charge >= 0.3 is 0 Å². The van der Waals surface area contributed by atoms with Crippen LogP contribution in [0.15, 0.2) is 36.4 Å². The molecule has 2 rings (SSSR count). The molecule has 0 heterocycles. The third-order valence-electron chi connectivity index (χ3n) is 2.97. The van der Waals surface area contributed by atoms with E-state index in [-0.39, 0.29) is 17.4 Å². The van der Waals surface area contributed by atoms with Crippen molar-refractivity contribution >= 4 is 11.4 Å². The third-order valence-corrected chi connectivity index (χ3v) is 2.97. The summed E-state index contributed by atoms with van der Waals surface area (Å²) in [5, 5.41) is 13.4. The Kier molecular flexibility index (Phi) is 4.11. The lowest BCUT2D eigenvalue weighted by Gasteiger charge is -2.16. The molecule has 0 amide bonds. The van der Waals surface area contributed by atoms with Gasteiger partial charge in [-0.1, -0.05) is 12.1 Å². The summed E-state index contributed by atoms with van der Waals surface area (Å²) in [4.78, 5) is 10.0. The van der Waals surface area contributed by atoms with Crippen LogP contribution in [0.3, 0.4) is 0 Å². The van der Waals surface area contributed by atoms with Crippen molar-refractivity contribution in [1.82, 2.24) is 0 Å². The van der Waals surface area contributed by atoms with Crippen LogP contribution in [-0.4, -0.2) is 4.92 Å². The summed E-state index contributed by atoms with van der Waals surface area (Å²) in [6.07, 6.45) is 0. The van der Waals surface area contributed by atoms with Crippen molar-refractivity contribution in [2.75, 3.05) is 5.32 Å². The summed E-state index contributed by atoms with van der Waals surface area (Å²) in [5.41, 5.74) is 0.716. The fraction of sp³-hybridized carbons (Fsp3) is 0.143. The maximum Gasteiger partial charge on any atom is 0.269 e. The van der Waals surface area contributed by atoms with E-state index in [2.05, 4.69) is 5.32 Å². The summed E-state index contributed by atoms with van der Waals surface area (Å²) in [7, 11) is 0. The van der Waals surface area contributed by atoms with E-state index in [0.29, 0.717) is 5.56 Å². The molecule has 0 aliphatic heterocycles.